The van der Waals surface area contributed by atoms with Crippen LogP contribution >= 0.6 is 0 Å². The van der Waals surface area contributed by atoms with Gasteiger partial charge in [0.15, 0.2) is 0 Å². The maximum atomic E-state index is 11.2. The normalized spacial score (nSPS) is 10.3. The molecule has 0 aliphatic heterocycles. The Morgan fingerprint density at radius 1 is 1.44 bits per heavy atom. The molecule has 0 atom stereocenters. The first-order chi connectivity index (χ1) is 7.61. The molecule has 0 unspecified atom stereocenters. The van der Waals surface area contributed by atoms with Crippen molar-refractivity contribution in [3.63, 3.8) is 0 Å². The minimum absolute atomic E-state index is 0.0333. The van der Waals surface area contributed by atoms with Gasteiger partial charge in [-0.2, -0.15) is 0 Å². The number of nitro benzene ring substituents is 1. The summed E-state index contributed by atoms with van der Waals surface area (Å²) in [5.74, 6) is 4.50. The number of nitrogens with two attached hydrogens (primary N) is 1. The number of fused-ring (bicyclic) bond motifs is 1. The summed E-state index contributed by atoms with van der Waals surface area (Å²) in [6.07, 6.45) is 0. The lowest BCUT2D eigenvalue weighted by molar-refractivity contribution is -0.384. The molecule has 7 nitrogen and oxygen atoms in total. The number of nitrogens with zero attached hydrogens (tertiary/aromatic N) is 1. The van der Waals surface area contributed by atoms with Crippen LogP contribution in [0, 0.1) is 10.1 Å². The molecular weight excluding hydrogens is 212 g/mol. The van der Waals surface area contributed by atoms with Crippen LogP contribution in [0.5, 0.6) is 0 Å². The highest BCUT2D eigenvalue weighted by Gasteiger charge is 2.11. The summed E-state index contributed by atoms with van der Waals surface area (Å²) in [6.45, 7) is 0. The number of carbonyl (C=O) groups is 1. The highest BCUT2D eigenvalue weighted by Crippen LogP contribution is 2.21. The Kier molecular flexibility index (Phi) is 2.29. The van der Waals surface area contributed by atoms with Crippen molar-refractivity contribution in [2.45, 2.75) is 0 Å². The third-order valence-corrected chi connectivity index (χ3v) is 2.19. The smallest absolute Gasteiger partial charge is 0.281 e. The molecule has 0 saturated heterocycles. The summed E-state index contributed by atoms with van der Waals surface area (Å²) in [7, 11) is 0. The molecule has 1 aromatic carbocycles. The van der Waals surface area contributed by atoms with E-state index in [2.05, 4.69) is 4.98 Å². The van der Waals surface area contributed by atoms with Gasteiger partial charge in [0, 0.05) is 17.5 Å². The fourth-order valence-corrected chi connectivity index (χ4v) is 1.43. The Hall–Kier alpha value is -2.41. The lowest BCUT2D eigenvalue weighted by Gasteiger charge is -1.92. The number of hydrazine groups is 1. The number of carbonyl (C=O) groups excluding carboxylic acids is 1. The maximum absolute atomic E-state index is 11.2. The topological polar surface area (TPSA) is 114 Å². The Bertz CT molecular complexity index is 575. The van der Waals surface area contributed by atoms with Crippen LogP contribution in [0.3, 0.4) is 0 Å². The van der Waals surface area contributed by atoms with E-state index in [1.54, 1.807) is 12.1 Å². The number of nitro groups is 1. The molecule has 7 heteroatoms. The molecule has 0 bridgehead atoms. The zero-order chi connectivity index (χ0) is 11.7. The molecule has 0 aliphatic rings. The zero-order valence-corrected chi connectivity index (χ0v) is 8.06. The van der Waals surface area contributed by atoms with Gasteiger partial charge in [-0.3, -0.25) is 20.3 Å². The largest absolute Gasteiger partial charge is 0.350 e. The van der Waals surface area contributed by atoms with Crippen LogP contribution in [-0.4, -0.2) is 15.8 Å². The fraction of sp³-hybridized carbons (Fsp3) is 0. The van der Waals surface area contributed by atoms with Crippen molar-refractivity contribution in [3.8, 4) is 0 Å². The molecule has 0 aliphatic carbocycles. The van der Waals surface area contributed by atoms with Crippen molar-refractivity contribution in [2.24, 2.45) is 5.84 Å². The SMILES string of the molecule is NNC(=O)c1cc2ccc([N+](=O)[O-])cc2[nH]1. The summed E-state index contributed by atoms with van der Waals surface area (Å²) in [6, 6.07) is 5.88. The summed E-state index contributed by atoms with van der Waals surface area (Å²) >= 11 is 0. The molecule has 4 N–H and O–H groups in total. The van der Waals surface area contributed by atoms with Crippen LogP contribution in [0.2, 0.25) is 0 Å². The summed E-state index contributed by atoms with van der Waals surface area (Å²) in [4.78, 5) is 24.0. The van der Waals surface area contributed by atoms with Crippen LogP contribution < -0.4 is 11.3 Å². The molecule has 0 fully saturated rings. The molecule has 1 aromatic heterocycles. The first kappa shape index (κ1) is 10.1. The summed E-state index contributed by atoms with van der Waals surface area (Å²) < 4.78 is 0. The van der Waals surface area contributed by atoms with Crippen molar-refractivity contribution < 1.29 is 9.72 Å². The lowest BCUT2D eigenvalue weighted by Crippen LogP contribution is -2.30. The number of aromatic nitrogens is 1. The minimum atomic E-state index is -0.497. The molecular formula is C9H8N4O3. The number of aromatic amines is 1. The average Bonchev–Trinajstić information content (AvgIpc) is 2.70. The number of nitrogen functional groups attached to an aromatic ring is 1. The zero-order valence-electron chi connectivity index (χ0n) is 8.06. The highest BCUT2D eigenvalue weighted by molar-refractivity contribution is 5.98. The van der Waals surface area contributed by atoms with Gasteiger partial charge in [0.05, 0.1) is 10.4 Å². The van der Waals surface area contributed by atoms with Crippen LogP contribution in [0.4, 0.5) is 5.69 Å². The number of H-pyrrole nitrogens is 1. The van der Waals surface area contributed by atoms with Crippen molar-refractivity contribution in [1.29, 1.82) is 0 Å². The predicted molar refractivity (Wildman–Crippen MR) is 56.6 cm³/mol. The Morgan fingerprint density at radius 2 is 2.19 bits per heavy atom. The molecule has 0 spiro atoms. The minimum Gasteiger partial charge on any atom is -0.350 e. The second kappa shape index (κ2) is 3.63. The van der Waals surface area contributed by atoms with E-state index in [4.69, 9.17) is 5.84 Å². The van der Waals surface area contributed by atoms with Crippen LogP contribution in [0.1, 0.15) is 10.5 Å². The quantitative estimate of drug-likeness (QED) is 0.299. The lowest BCUT2D eigenvalue weighted by atomic mass is 10.2. The van der Waals surface area contributed by atoms with Gasteiger partial charge in [-0.05, 0) is 12.1 Å². The average molecular weight is 220 g/mol. The monoisotopic (exact) mass is 220 g/mol. The number of rotatable bonds is 2. The van der Waals surface area contributed by atoms with E-state index < -0.39 is 10.8 Å². The van der Waals surface area contributed by atoms with E-state index in [1.807, 2.05) is 5.43 Å². The first-order valence-electron chi connectivity index (χ1n) is 4.40. The molecule has 0 radical (unpaired) electrons. The van der Waals surface area contributed by atoms with Crippen molar-refractivity contribution in [1.82, 2.24) is 10.4 Å². The van der Waals surface area contributed by atoms with Crippen LogP contribution in [0.15, 0.2) is 24.3 Å². The summed E-state index contributed by atoms with van der Waals surface area (Å²) in [5.41, 5.74) is 2.73. The van der Waals surface area contributed by atoms with Crippen LogP contribution in [0.25, 0.3) is 10.9 Å². The van der Waals surface area contributed by atoms with Crippen molar-refractivity contribution in [3.05, 3.63) is 40.1 Å². The van der Waals surface area contributed by atoms with Gasteiger partial charge in [-0.1, -0.05) is 0 Å². The van der Waals surface area contributed by atoms with Gasteiger partial charge in [0.1, 0.15) is 5.69 Å². The standard InChI is InChI=1S/C9H8N4O3/c10-12-9(14)8-3-5-1-2-6(13(15)16)4-7(5)11-8/h1-4,11H,10H2,(H,12,14). The van der Waals surface area contributed by atoms with Crippen molar-refractivity contribution >= 4 is 22.5 Å². The van der Waals surface area contributed by atoms with Gasteiger partial charge in [-0.15, -0.1) is 0 Å². The molecule has 1 amide bonds. The Labute approximate surface area is 89.4 Å². The number of benzene rings is 1. The van der Waals surface area contributed by atoms with Gasteiger partial charge >= 0.3 is 0 Å². The van der Waals surface area contributed by atoms with E-state index in [0.29, 0.717) is 10.9 Å². The first-order valence-corrected chi connectivity index (χ1v) is 4.40. The number of nitrogens with one attached hydrogen (secondary N) is 2. The second-order valence-corrected chi connectivity index (χ2v) is 3.19. The fourth-order valence-electron chi connectivity index (χ4n) is 1.43. The van der Waals surface area contributed by atoms with E-state index in [0.717, 1.165) is 0 Å². The molecule has 82 valence electrons. The van der Waals surface area contributed by atoms with E-state index in [-0.39, 0.29) is 11.4 Å². The highest BCUT2D eigenvalue weighted by atomic mass is 16.6. The second-order valence-electron chi connectivity index (χ2n) is 3.19. The third kappa shape index (κ3) is 1.59. The third-order valence-electron chi connectivity index (χ3n) is 2.19. The number of non-ortho nitro benzene ring substituents is 1. The van der Waals surface area contributed by atoms with E-state index >= 15 is 0 Å². The van der Waals surface area contributed by atoms with Gasteiger partial charge in [0.2, 0.25) is 0 Å². The number of hydrogen-bond donors (Lipinski definition) is 3. The number of hydrogen-bond acceptors (Lipinski definition) is 4. The summed E-state index contributed by atoms with van der Waals surface area (Å²) in [5, 5.41) is 11.2. The van der Waals surface area contributed by atoms with E-state index in [1.165, 1.54) is 12.1 Å². The van der Waals surface area contributed by atoms with E-state index in [9.17, 15) is 14.9 Å². The molecule has 2 aromatic rings. The van der Waals surface area contributed by atoms with Gasteiger partial charge < -0.3 is 4.98 Å². The Balaban J connectivity index is 2.54. The molecule has 2 rings (SSSR count). The number of amides is 1. The van der Waals surface area contributed by atoms with Gasteiger partial charge in [-0.25, -0.2) is 5.84 Å². The maximum Gasteiger partial charge on any atom is 0.281 e. The van der Waals surface area contributed by atoms with Crippen LogP contribution in [-0.2, 0) is 0 Å². The van der Waals surface area contributed by atoms with Gasteiger partial charge in [0.25, 0.3) is 11.6 Å². The molecule has 16 heavy (non-hydrogen) atoms. The Morgan fingerprint density at radius 3 is 2.81 bits per heavy atom. The molecule has 1 heterocycles. The van der Waals surface area contributed by atoms with Crippen molar-refractivity contribution in [2.75, 3.05) is 0 Å². The predicted octanol–water partition coefficient (Wildman–Crippen LogP) is 0.680. The molecule has 0 saturated carbocycles.